The van der Waals surface area contributed by atoms with Crippen molar-refractivity contribution in [3.05, 3.63) is 70.3 Å². The Labute approximate surface area is 307 Å². The number of methoxy groups -OCH3 is 1. The fraction of sp³-hybridized carbons (Fsp3) is 0.615. The van der Waals surface area contributed by atoms with E-state index in [2.05, 4.69) is 32.7 Å². The molecule has 1 saturated carbocycles. The molecule has 2 bridgehead atoms. The molecule has 1 spiro atoms. The number of ether oxygens (including phenoxy) is 4. The average Bonchev–Trinajstić information content (AvgIpc) is 3.26. The number of hydrogen-bond acceptors (Lipinski definition) is 9. The maximum atomic E-state index is 13.7. The van der Waals surface area contributed by atoms with Gasteiger partial charge in [0.25, 0.3) is 5.91 Å². The maximum Gasteiger partial charge on any atom is 0.264 e. The van der Waals surface area contributed by atoms with Crippen LogP contribution >= 0.6 is 11.6 Å². The zero-order chi connectivity index (χ0) is 35.6. The Balaban J connectivity index is 1.25. The average molecular weight is 742 g/mol. The van der Waals surface area contributed by atoms with E-state index >= 15 is 0 Å². The molecule has 51 heavy (non-hydrogen) atoms. The van der Waals surface area contributed by atoms with Gasteiger partial charge in [-0.25, -0.2) is 13.1 Å². The molecule has 2 aromatic carbocycles. The largest absolute Gasteiger partial charge is 0.490 e. The third-order valence-corrected chi connectivity index (χ3v) is 14.1. The van der Waals surface area contributed by atoms with Gasteiger partial charge in [-0.05, 0) is 98.2 Å². The van der Waals surface area contributed by atoms with E-state index in [0.717, 1.165) is 82.2 Å². The van der Waals surface area contributed by atoms with Crippen molar-refractivity contribution in [1.82, 2.24) is 9.62 Å². The standard InChI is InChI=1S/C39H52ClN3O7S/c1-3-37-36(47-2)8-4-7-34(49-21-18-42-16-19-48-20-17-42)31-12-9-29(31)24-43-25-39(15-5-6-27-22-30(40)11-13-32(27)39)26-50-35-14-10-28(23-33(35)43)38(44)41-51(37,45)46/h4,7,10-11,13-14,22-23,29,31,34,36-37H,3,5-6,8-9,12,15-21,24-26H2,1-2H3,(H,41,44)/b7-4-/t29-,31+,34-,36-,37+,39-/m0/s1. The number of benzene rings is 2. The fourth-order valence-electron chi connectivity index (χ4n) is 8.95. The third-order valence-electron chi connectivity index (χ3n) is 11.9. The summed E-state index contributed by atoms with van der Waals surface area (Å²) < 4.78 is 54.5. The predicted octanol–water partition coefficient (Wildman–Crippen LogP) is 5.37. The molecule has 12 heteroatoms. The van der Waals surface area contributed by atoms with Gasteiger partial charge >= 0.3 is 0 Å². The van der Waals surface area contributed by atoms with Crippen LogP contribution in [0.2, 0.25) is 5.02 Å². The van der Waals surface area contributed by atoms with Crippen LogP contribution in [0.4, 0.5) is 5.69 Å². The molecule has 0 unspecified atom stereocenters. The van der Waals surface area contributed by atoms with Gasteiger partial charge in [-0.2, -0.15) is 0 Å². The quantitative estimate of drug-likeness (QED) is 0.392. The lowest BCUT2D eigenvalue weighted by Crippen LogP contribution is -2.50. The van der Waals surface area contributed by atoms with Gasteiger partial charge in [0.1, 0.15) is 11.0 Å². The Bertz CT molecular complexity index is 1700. The first-order valence-electron chi connectivity index (χ1n) is 18.7. The predicted molar refractivity (Wildman–Crippen MR) is 198 cm³/mol. The molecule has 7 rings (SSSR count). The van der Waals surface area contributed by atoms with E-state index in [9.17, 15) is 13.2 Å². The number of carbonyl (C=O) groups excluding carboxylic acids is 1. The van der Waals surface area contributed by atoms with Gasteiger partial charge in [-0.1, -0.05) is 36.7 Å². The summed E-state index contributed by atoms with van der Waals surface area (Å²) in [6.07, 6.45) is 9.19. The van der Waals surface area contributed by atoms with Crippen molar-refractivity contribution in [2.45, 2.75) is 74.7 Å². The summed E-state index contributed by atoms with van der Waals surface area (Å²) in [7, 11) is -2.54. The van der Waals surface area contributed by atoms with Gasteiger partial charge < -0.3 is 23.8 Å². The first kappa shape index (κ1) is 36.7. The smallest absolute Gasteiger partial charge is 0.264 e. The number of morpholine rings is 1. The van der Waals surface area contributed by atoms with Gasteiger partial charge in [0.2, 0.25) is 10.0 Å². The number of sulfonamides is 1. The second kappa shape index (κ2) is 15.7. The molecule has 1 amide bonds. The van der Waals surface area contributed by atoms with Crippen molar-refractivity contribution < 1.29 is 32.2 Å². The molecule has 2 fully saturated rings. The Hall–Kier alpha value is -2.67. The van der Waals surface area contributed by atoms with Crippen molar-refractivity contribution in [3.63, 3.8) is 0 Å². The van der Waals surface area contributed by atoms with Crippen molar-refractivity contribution in [2.24, 2.45) is 11.8 Å². The lowest BCUT2D eigenvalue weighted by Gasteiger charge is -2.46. The SMILES string of the molecule is CC[C@@H]1[C@@H](OC)C/C=C\[C@H](OCCN2CCOCC2)[C@@H]2CC[C@H]2CN2C[C@@]3(CCCc4cc(Cl)ccc43)COc3ccc(cc32)C(=O)NS1(=O)=O. The van der Waals surface area contributed by atoms with Crippen molar-refractivity contribution in [2.75, 3.05) is 71.2 Å². The number of rotatable bonds is 6. The summed E-state index contributed by atoms with van der Waals surface area (Å²) in [6, 6.07) is 11.6. The van der Waals surface area contributed by atoms with Crippen molar-refractivity contribution in [3.8, 4) is 5.75 Å². The lowest BCUT2D eigenvalue weighted by atomic mass is 9.68. The minimum Gasteiger partial charge on any atom is -0.490 e. The van der Waals surface area contributed by atoms with E-state index < -0.39 is 27.3 Å². The number of nitrogens with zero attached hydrogens (tertiary/aromatic N) is 2. The van der Waals surface area contributed by atoms with Crippen LogP contribution in [0.5, 0.6) is 5.75 Å². The number of halogens is 1. The molecule has 1 N–H and O–H groups in total. The first-order chi connectivity index (χ1) is 24.7. The highest BCUT2D eigenvalue weighted by molar-refractivity contribution is 7.90. The zero-order valence-corrected chi connectivity index (χ0v) is 31.4. The molecule has 5 aliphatic rings. The van der Waals surface area contributed by atoms with E-state index in [4.69, 9.17) is 30.5 Å². The van der Waals surface area contributed by atoms with Gasteiger partial charge in [-0.15, -0.1) is 0 Å². The number of hydrogen-bond donors (Lipinski definition) is 1. The minimum absolute atomic E-state index is 0.118. The Kier molecular flexibility index (Phi) is 11.3. The monoisotopic (exact) mass is 741 g/mol. The molecule has 2 aliphatic carbocycles. The Morgan fingerprint density at radius 1 is 1.12 bits per heavy atom. The molecular weight excluding hydrogens is 690 g/mol. The molecule has 10 nitrogen and oxygen atoms in total. The first-order valence-corrected chi connectivity index (χ1v) is 20.6. The second-order valence-corrected chi connectivity index (χ2v) is 17.3. The number of fused-ring (bicyclic) bond motifs is 4. The van der Waals surface area contributed by atoms with Gasteiger partial charge in [0.05, 0.1) is 44.3 Å². The Morgan fingerprint density at radius 3 is 2.73 bits per heavy atom. The van der Waals surface area contributed by atoms with E-state index in [1.165, 1.54) is 18.2 Å². The van der Waals surface area contributed by atoms with Gasteiger partial charge in [0, 0.05) is 55.8 Å². The van der Waals surface area contributed by atoms with Crippen molar-refractivity contribution >= 4 is 33.2 Å². The highest BCUT2D eigenvalue weighted by Gasteiger charge is 2.45. The van der Waals surface area contributed by atoms with Crippen LogP contribution in [-0.4, -0.2) is 103 Å². The molecule has 2 aromatic rings. The number of carbonyl (C=O) groups is 1. The van der Waals surface area contributed by atoms with Crippen LogP contribution in [0.25, 0.3) is 0 Å². The highest BCUT2D eigenvalue weighted by Crippen LogP contribution is 2.47. The molecule has 3 aliphatic heterocycles. The van der Waals surface area contributed by atoms with Gasteiger partial charge in [-0.3, -0.25) is 9.69 Å². The van der Waals surface area contributed by atoms with E-state index in [-0.39, 0.29) is 23.0 Å². The number of aryl methyl sites for hydroxylation is 1. The second-order valence-electron chi connectivity index (χ2n) is 14.9. The van der Waals surface area contributed by atoms with Crippen LogP contribution < -0.4 is 14.4 Å². The maximum absolute atomic E-state index is 13.7. The molecule has 0 aromatic heterocycles. The van der Waals surface area contributed by atoms with Crippen LogP contribution in [-0.2, 0) is 36.1 Å². The molecule has 1 saturated heterocycles. The summed E-state index contributed by atoms with van der Waals surface area (Å²) in [6.45, 7) is 8.55. The van der Waals surface area contributed by atoms with E-state index in [1.54, 1.807) is 6.07 Å². The van der Waals surface area contributed by atoms with Crippen LogP contribution in [0.1, 0.15) is 66.9 Å². The summed E-state index contributed by atoms with van der Waals surface area (Å²) in [5.41, 5.74) is 3.38. The molecule has 3 heterocycles. The topological polar surface area (TPSA) is 107 Å². The Morgan fingerprint density at radius 2 is 1.96 bits per heavy atom. The lowest BCUT2D eigenvalue weighted by molar-refractivity contribution is -0.0315. The summed E-state index contributed by atoms with van der Waals surface area (Å²) in [5, 5.41) is -0.173. The summed E-state index contributed by atoms with van der Waals surface area (Å²) in [5.74, 6) is 0.693. The number of amides is 1. The number of nitrogens with one attached hydrogen (secondary N) is 1. The highest BCUT2D eigenvalue weighted by atomic mass is 35.5. The molecule has 0 radical (unpaired) electrons. The third kappa shape index (κ3) is 7.85. The number of anilines is 1. The molecular formula is C39H52ClN3O7S. The van der Waals surface area contributed by atoms with Crippen LogP contribution in [0, 0.1) is 11.8 Å². The summed E-state index contributed by atoms with van der Waals surface area (Å²) in [4.78, 5) is 18.5. The van der Waals surface area contributed by atoms with Crippen LogP contribution in [0.3, 0.4) is 0 Å². The molecule has 6 atom stereocenters. The van der Waals surface area contributed by atoms with Crippen LogP contribution in [0.15, 0.2) is 48.6 Å². The summed E-state index contributed by atoms with van der Waals surface area (Å²) >= 11 is 6.47. The van der Waals surface area contributed by atoms with Gasteiger partial charge in [0.15, 0.2) is 0 Å². The normalized spacial score (nSPS) is 31.7. The zero-order valence-electron chi connectivity index (χ0n) is 29.9. The fourth-order valence-corrected chi connectivity index (χ4v) is 10.7. The van der Waals surface area contributed by atoms with E-state index in [1.807, 2.05) is 31.2 Å². The molecule has 278 valence electrons. The van der Waals surface area contributed by atoms with E-state index in [0.29, 0.717) is 44.3 Å². The minimum atomic E-state index is -4.07. The van der Waals surface area contributed by atoms with Crippen molar-refractivity contribution in [1.29, 1.82) is 0 Å².